The van der Waals surface area contributed by atoms with E-state index < -0.39 is 30.1 Å². The summed E-state index contributed by atoms with van der Waals surface area (Å²) in [6, 6.07) is 11.9. The summed E-state index contributed by atoms with van der Waals surface area (Å²) >= 11 is 0. The van der Waals surface area contributed by atoms with Gasteiger partial charge in [-0.25, -0.2) is 9.59 Å². The van der Waals surface area contributed by atoms with Gasteiger partial charge in [-0.2, -0.15) is 13.2 Å². The van der Waals surface area contributed by atoms with Crippen LogP contribution in [0.1, 0.15) is 68.3 Å². The summed E-state index contributed by atoms with van der Waals surface area (Å²) in [5.41, 5.74) is 7.76. The number of aliphatic carboxylic acids is 1. The highest BCUT2D eigenvalue weighted by atomic mass is 19.4. The molecule has 0 spiro atoms. The van der Waals surface area contributed by atoms with Gasteiger partial charge < -0.3 is 40.2 Å². The Morgan fingerprint density at radius 1 is 0.980 bits per heavy atom. The number of carboxylic acids is 1. The van der Waals surface area contributed by atoms with Gasteiger partial charge in [-0.15, -0.1) is 0 Å². The fourth-order valence-corrected chi connectivity index (χ4v) is 6.53. The highest BCUT2D eigenvalue weighted by molar-refractivity contribution is 5.95. The van der Waals surface area contributed by atoms with Crippen molar-refractivity contribution >= 4 is 29.6 Å². The minimum atomic E-state index is -5.19. The third-order valence-corrected chi connectivity index (χ3v) is 9.06. The van der Waals surface area contributed by atoms with Gasteiger partial charge in [0.2, 0.25) is 5.91 Å². The van der Waals surface area contributed by atoms with Gasteiger partial charge in [-0.3, -0.25) is 4.79 Å². The molecule has 2 aromatic carbocycles. The average Bonchev–Trinajstić information content (AvgIpc) is 3.96. The Labute approximate surface area is 283 Å². The quantitative estimate of drug-likeness (QED) is 0.224. The van der Waals surface area contributed by atoms with Crippen LogP contribution in [0.2, 0.25) is 0 Å². The zero-order valence-corrected chi connectivity index (χ0v) is 27.8. The van der Waals surface area contributed by atoms with Crippen LogP contribution in [0.25, 0.3) is 0 Å². The normalized spacial score (nSPS) is 19.2. The van der Waals surface area contributed by atoms with Crippen LogP contribution in [-0.2, 0) is 20.7 Å². The monoisotopic (exact) mass is 690 g/mol. The number of carbonyl (C=O) groups excluding carboxylic acids is 4. The first kappa shape index (κ1) is 37.5. The number of quaternary nitrogens is 1. The lowest BCUT2D eigenvalue weighted by molar-refractivity contribution is -0.937. The molecule has 5 rings (SSSR count). The summed E-state index contributed by atoms with van der Waals surface area (Å²) in [6.07, 6.45) is 1.76. The van der Waals surface area contributed by atoms with Crippen molar-refractivity contribution < 1.29 is 51.8 Å². The third kappa shape index (κ3) is 11.4. The molecule has 3 aliphatic rings. The van der Waals surface area contributed by atoms with Gasteiger partial charge in [0.05, 0.1) is 43.9 Å². The number of hydrogen-bond acceptors (Lipinski definition) is 7. The molecule has 0 bridgehead atoms. The molecule has 3 fully saturated rings. The smallest absolute Gasteiger partial charge is 0.430 e. The number of esters is 1. The first-order valence-corrected chi connectivity index (χ1v) is 16.7. The minimum Gasteiger partial charge on any atom is -0.542 e. The lowest BCUT2D eigenvalue weighted by Gasteiger charge is -2.48. The van der Waals surface area contributed by atoms with E-state index in [1.54, 1.807) is 67.3 Å². The fraction of sp³-hybridized carbons (Fsp3) is 0.543. The fourth-order valence-electron chi connectivity index (χ4n) is 6.53. The number of carbonyl (C=O) groups is 4. The first-order chi connectivity index (χ1) is 23.0. The van der Waals surface area contributed by atoms with Crippen molar-refractivity contribution in [3.8, 4) is 5.75 Å². The number of aromatic hydroxyl groups is 1. The second-order valence-electron chi connectivity index (χ2n) is 13.7. The van der Waals surface area contributed by atoms with Gasteiger partial charge in [0.15, 0.2) is 0 Å². The maximum absolute atomic E-state index is 14.1. The van der Waals surface area contributed by atoms with E-state index >= 15 is 0 Å². The van der Waals surface area contributed by atoms with Gasteiger partial charge in [-0.05, 0) is 94.3 Å². The van der Waals surface area contributed by atoms with Crippen molar-refractivity contribution in [3.05, 3.63) is 59.7 Å². The van der Waals surface area contributed by atoms with Crippen LogP contribution >= 0.6 is 0 Å². The Bertz CT molecular complexity index is 1450. The zero-order valence-electron chi connectivity index (χ0n) is 27.8. The summed E-state index contributed by atoms with van der Waals surface area (Å²) in [6.45, 7) is 7.82. The number of carboxylic acid groups (broad SMARTS) is 1. The second-order valence-corrected chi connectivity index (χ2v) is 13.7. The van der Waals surface area contributed by atoms with Crippen molar-refractivity contribution in [1.29, 1.82) is 0 Å². The second kappa shape index (κ2) is 15.9. The molecule has 0 unspecified atom stereocenters. The Kier molecular flexibility index (Phi) is 12.2. The maximum atomic E-state index is 14.1. The number of ether oxygens (including phenoxy) is 1. The van der Waals surface area contributed by atoms with Crippen molar-refractivity contribution in [1.82, 2.24) is 4.90 Å². The predicted molar refractivity (Wildman–Crippen MR) is 172 cm³/mol. The Morgan fingerprint density at radius 3 is 2.00 bits per heavy atom. The Morgan fingerprint density at radius 2 is 1.53 bits per heavy atom. The number of likely N-dealkylation sites (tertiary alicyclic amines) is 1. The molecule has 1 aliphatic heterocycles. The molecular weight excluding hydrogens is 645 g/mol. The number of nitrogens with one attached hydrogen (secondary N) is 1. The lowest BCUT2D eigenvalue weighted by atomic mass is 9.95. The molecule has 0 radical (unpaired) electrons. The number of piperidine rings is 1. The van der Waals surface area contributed by atoms with Crippen LogP contribution in [0.3, 0.4) is 0 Å². The summed E-state index contributed by atoms with van der Waals surface area (Å²) in [5.74, 6) is -2.33. The molecule has 0 aromatic heterocycles. The molecule has 2 saturated carbocycles. The molecule has 2 aromatic rings. The number of alkyl halides is 3. The number of nitrogens with zero attached hydrogens (tertiary/aromatic N) is 2. The topological polar surface area (TPSA) is 162 Å². The molecule has 3 amide bonds. The molecular formula is C35H45F3N4O7. The number of amides is 3. The highest BCUT2D eigenvalue weighted by Gasteiger charge is 2.47. The number of halogens is 3. The standard InChI is InChI=1S/C33H44N4O5.C2HF3O2/c1-22(2)42-32(40)26-11-13-27(14-12-26)35-33(41)36(30(31(34)39)18-23-9-15-29(38)16-10-23)28-4-3-17-37(21-28,19-24-5-6-24)20-25-7-8-25;3-2(4,5)1(6)7/h9-16,22,24-25,28,30H,3-8,17-21H2,1-2H3,(H3-,34,35,38,39,40,41);(H,6,7)/t28-,30+;/m1./s1. The van der Waals surface area contributed by atoms with Crippen LogP contribution in [-0.4, -0.2) is 88.9 Å². The van der Waals surface area contributed by atoms with Crippen LogP contribution in [0.5, 0.6) is 5.75 Å². The van der Waals surface area contributed by atoms with Gasteiger partial charge in [-0.1, -0.05) is 12.1 Å². The van der Waals surface area contributed by atoms with E-state index in [9.17, 15) is 32.7 Å². The van der Waals surface area contributed by atoms with Crippen molar-refractivity contribution in [2.75, 3.05) is 31.5 Å². The average molecular weight is 691 g/mol. The lowest BCUT2D eigenvalue weighted by Crippen LogP contribution is -2.65. The van der Waals surface area contributed by atoms with Gasteiger partial charge in [0, 0.05) is 23.9 Å². The number of anilines is 1. The third-order valence-electron chi connectivity index (χ3n) is 9.06. The number of nitrogens with two attached hydrogens (primary N) is 1. The van der Waals surface area contributed by atoms with Gasteiger partial charge in [0.1, 0.15) is 17.8 Å². The van der Waals surface area contributed by atoms with Crippen molar-refractivity contribution in [2.45, 2.75) is 83.2 Å². The number of phenols is 1. The van der Waals surface area contributed by atoms with E-state index in [4.69, 9.17) is 20.4 Å². The van der Waals surface area contributed by atoms with Crippen LogP contribution in [0.4, 0.5) is 23.7 Å². The maximum Gasteiger partial charge on any atom is 0.430 e. The number of benzene rings is 2. The van der Waals surface area contributed by atoms with E-state index in [2.05, 4.69) is 5.32 Å². The summed E-state index contributed by atoms with van der Waals surface area (Å²) in [7, 11) is 0. The first-order valence-electron chi connectivity index (χ1n) is 16.7. The molecule has 49 heavy (non-hydrogen) atoms. The van der Waals surface area contributed by atoms with E-state index in [0.717, 1.165) is 60.9 Å². The Hall–Kier alpha value is -4.33. The van der Waals surface area contributed by atoms with Crippen molar-refractivity contribution in [3.63, 3.8) is 0 Å². The SMILES string of the molecule is CC(C)OC(=O)c1ccc(NC(=O)N([C@@H]2CCC[N+](CC3CC3)(CC3CC3)C2)[C@@H](Cc2ccc(O)cc2)C(N)=O)cc1.O=C([O-])C(F)(F)F. The summed E-state index contributed by atoms with van der Waals surface area (Å²) < 4.78 is 37.8. The summed E-state index contributed by atoms with van der Waals surface area (Å²) in [4.78, 5) is 49.9. The zero-order chi connectivity index (χ0) is 35.9. The van der Waals surface area contributed by atoms with Crippen LogP contribution < -0.4 is 16.2 Å². The molecule has 1 saturated heterocycles. The van der Waals surface area contributed by atoms with E-state index in [1.165, 1.54) is 25.7 Å². The minimum absolute atomic E-state index is 0.138. The van der Waals surface area contributed by atoms with E-state index in [-0.39, 0.29) is 30.3 Å². The number of rotatable bonds is 12. The van der Waals surface area contributed by atoms with Crippen LogP contribution in [0.15, 0.2) is 48.5 Å². The Balaban J connectivity index is 0.000000698. The highest BCUT2D eigenvalue weighted by Crippen LogP contribution is 2.40. The number of phenolic OH excluding ortho intramolecular Hbond substituents is 1. The molecule has 4 N–H and O–H groups in total. The van der Waals surface area contributed by atoms with Gasteiger partial charge in [0.25, 0.3) is 0 Å². The largest absolute Gasteiger partial charge is 0.542 e. The van der Waals surface area contributed by atoms with Crippen LogP contribution in [0, 0.1) is 11.8 Å². The number of hydrogen-bond donors (Lipinski definition) is 3. The molecule has 2 aliphatic carbocycles. The number of primary amides is 1. The predicted octanol–water partition coefficient (Wildman–Crippen LogP) is 3.99. The molecule has 2 atom stereocenters. The van der Waals surface area contributed by atoms with Crippen molar-refractivity contribution in [2.24, 2.45) is 17.6 Å². The molecule has 1 heterocycles. The van der Waals surface area contributed by atoms with E-state index in [1.807, 2.05) is 0 Å². The summed E-state index contributed by atoms with van der Waals surface area (Å²) in [5, 5.41) is 21.6. The molecule has 268 valence electrons. The van der Waals surface area contributed by atoms with E-state index in [0.29, 0.717) is 11.3 Å². The molecule has 11 nitrogen and oxygen atoms in total. The number of urea groups is 1. The molecule has 14 heteroatoms. The van der Waals surface area contributed by atoms with Gasteiger partial charge >= 0.3 is 18.2 Å².